The van der Waals surface area contributed by atoms with Gasteiger partial charge in [-0.15, -0.1) is 0 Å². The fourth-order valence-electron chi connectivity index (χ4n) is 1.67. The summed E-state index contributed by atoms with van der Waals surface area (Å²) in [5.41, 5.74) is 1.17. The lowest BCUT2D eigenvalue weighted by atomic mass is 10.3. The number of alkyl halides is 1. The maximum Gasteiger partial charge on any atom is 0.271 e. The molecule has 1 fully saturated rings. The number of nitrogens with zero attached hydrogens (tertiary/aromatic N) is 1. The molecule has 0 radical (unpaired) electrons. The van der Waals surface area contributed by atoms with Gasteiger partial charge in [0.15, 0.2) is 0 Å². The lowest BCUT2D eigenvalue weighted by molar-refractivity contribution is -0.117. The number of aromatic nitrogens is 1. The number of H-pyrrole nitrogens is 1. The fraction of sp³-hybridized carbons (Fsp3) is 0.400. The maximum atomic E-state index is 11.6. The van der Waals surface area contributed by atoms with E-state index in [1.54, 1.807) is 12.3 Å². The SMILES string of the molecule is Cc1c[nH]c(=O)c(N2CC(Br)CC2=O)c1. The van der Waals surface area contributed by atoms with Crippen LogP contribution in [0.15, 0.2) is 17.1 Å². The van der Waals surface area contributed by atoms with Crippen LogP contribution in [-0.2, 0) is 4.79 Å². The molecule has 0 aliphatic carbocycles. The lowest BCUT2D eigenvalue weighted by Crippen LogP contribution is -2.30. The second-order valence-corrected chi connectivity index (χ2v) is 4.99. The van der Waals surface area contributed by atoms with E-state index in [1.807, 2.05) is 6.92 Å². The number of hydrogen-bond donors (Lipinski definition) is 1. The topological polar surface area (TPSA) is 53.2 Å². The quantitative estimate of drug-likeness (QED) is 0.780. The first-order chi connectivity index (χ1) is 7.08. The number of anilines is 1. The minimum Gasteiger partial charge on any atom is -0.327 e. The maximum absolute atomic E-state index is 11.6. The van der Waals surface area contributed by atoms with Crippen molar-refractivity contribution in [2.24, 2.45) is 0 Å². The predicted octanol–water partition coefficient (Wildman–Crippen LogP) is 1.18. The van der Waals surface area contributed by atoms with Crippen LogP contribution in [0.1, 0.15) is 12.0 Å². The number of halogens is 1. The molecule has 0 spiro atoms. The molecule has 15 heavy (non-hydrogen) atoms. The molecule has 2 heterocycles. The molecule has 1 aliphatic rings. The van der Waals surface area contributed by atoms with Gasteiger partial charge in [-0.2, -0.15) is 0 Å². The number of nitrogens with one attached hydrogen (secondary N) is 1. The molecule has 1 saturated heterocycles. The summed E-state index contributed by atoms with van der Waals surface area (Å²) in [6.45, 7) is 2.44. The molecule has 1 aliphatic heterocycles. The third-order valence-electron chi connectivity index (χ3n) is 2.40. The molecular weight excluding hydrogens is 260 g/mol. The Morgan fingerprint density at radius 2 is 2.27 bits per heavy atom. The van der Waals surface area contributed by atoms with Crippen molar-refractivity contribution in [3.05, 3.63) is 28.2 Å². The minimum absolute atomic E-state index is 0.00650. The van der Waals surface area contributed by atoms with E-state index >= 15 is 0 Å². The van der Waals surface area contributed by atoms with Crippen LogP contribution in [0.25, 0.3) is 0 Å². The summed E-state index contributed by atoms with van der Waals surface area (Å²) in [5.74, 6) is -0.00650. The predicted molar refractivity (Wildman–Crippen MR) is 61.5 cm³/mol. The molecule has 1 unspecified atom stereocenters. The molecule has 80 valence electrons. The van der Waals surface area contributed by atoms with Gasteiger partial charge in [0.25, 0.3) is 5.56 Å². The summed E-state index contributed by atoms with van der Waals surface area (Å²) >= 11 is 3.38. The van der Waals surface area contributed by atoms with Crippen LogP contribution in [0, 0.1) is 6.92 Å². The van der Waals surface area contributed by atoms with E-state index in [-0.39, 0.29) is 16.3 Å². The van der Waals surface area contributed by atoms with E-state index < -0.39 is 0 Å². The third kappa shape index (κ3) is 1.97. The Hall–Kier alpha value is -1.10. The molecule has 1 aromatic rings. The Labute approximate surface area is 95.4 Å². The molecule has 1 aromatic heterocycles. The van der Waals surface area contributed by atoms with Gasteiger partial charge in [0.05, 0.1) is 0 Å². The standard InChI is InChI=1S/C10H11BrN2O2/c1-6-2-8(10(15)12-4-6)13-5-7(11)3-9(13)14/h2,4,7H,3,5H2,1H3,(H,12,15). The van der Waals surface area contributed by atoms with Crippen LogP contribution in [-0.4, -0.2) is 22.3 Å². The van der Waals surface area contributed by atoms with Crippen LogP contribution in [0.3, 0.4) is 0 Å². The van der Waals surface area contributed by atoms with Crippen molar-refractivity contribution in [1.82, 2.24) is 4.98 Å². The third-order valence-corrected chi connectivity index (χ3v) is 3.01. The molecule has 1 N–H and O–H groups in total. The number of aromatic amines is 1. The van der Waals surface area contributed by atoms with Gasteiger partial charge in [-0.05, 0) is 18.6 Å². The Balaban J connectivity index is 2.41. The zero-order chi connectivity index (χ0) is 11.0. The van der Waals surface area contributed by atoms with E-state index in [0.29, 0.717) is 18.7 Å². The monoisotopic (exact) mass is 270 g/mol. The van der Waals surface area contributed by atoms with Gasteiger partial charge in [-0.25, -0.2) is 0 Å². The lowest BCUT2D eigenvalue weighted by Gasteiger charge is -2.14. The van der Waals surface area contributed by atoms with Gasteiger partial charge in [0, 0.05) is 24.0 Å². The van der Waals surface area contributed by atoms with E-state index in [4.69, 9.17) is 0 Å². The van der Waals surface area contributed by atoms with E-state index in [0.717, 1.165) is 5.56 Å². The van der Waals surface area contributed by atoms with Crippen molar-refractivity contribution in [3.63, 3.8) is 0 Å². The average molecular weight is 271 g/mol. The van der Waals surface area contributed by atoms with Crippen molar-refractivity contribution in [1.29, 1.82) is 0 Å². The highest BCUT2D eigenvalue weighted by Gasteiger charge is 2.30. The second kappa shape index (κ2) is 3.81. The van der Waals surface area contributed by atoms with Crippen molar-refractivity contribution in [2.45, 2.75) is 18.2 Å². The number of carbonyl (C=O) groups is 1. The van der Waals surface area contributed by atoms with Crippen molar-refractivity contribution in [3.8, 4) is 0 Å². The normalized spacial score (nSPS) is 21.1. The van der Waals surface area contributed by atoms with Crippen molar-refractivity contribution >= 4 is 27.5 Å². The van der Waals surface area contributed by atoms with Gasteiger partial charge in [-0.1, -0.05) is 15.9 Å². The summed E-state index contributed by atoms with van der Waals surface area (Å²) in [5, 5.41) is 0. The van der Waals surface area contributed by atoms with Gasteiger partial charge in [0.1, 0.15) is 5.69 Å². The molecule has 4 nitrogen and oxygen atoms in total. The van der Waals surface area contributed by atoms with E-state index in [9.17, 15) is 9.59 Å². The molecule has 2 rings (SSSR count). The van der Waals surface area contributed by atoms with Crippen LogP contribution >= 0.6 is 15.9 Å². The number of pyridine rings is 1. The molecule has 1 amide bonds. The van der Waals surface area contributed by atoms with Gasteiger partial charge >= 0.3 is 0 Å². The van der Waals surface area contributed by atoms with Gasteiger partial charge in [0.2, 0.25) is 5.91 Å². The minimum atomic E-state index is -0.212. The highest BCUT2D eigenvalue weighted by molar-refractivity contribution is 9.09. The van der Waals surface area contributed by atoms with E-state index in [1.165, 1.54) is 4.90 Å². The molecule has 0 saturated carbocycles. The summed E-state index contributed by atoms with van der Waals surface area (Å²) in [6, 6.07) is 1.74. The highest BCUT2D eigenvalue weighted by Crippen LogP contribution is 2.22. The largest absolute Gasteiger partial charge is 0.327 e. The first-order valence-corrected chi connectivity index (χ1v) is 5.63. The van der Waals surface area contributed by atoms with Crippen LogP contribution in [0.5, 0.6) is 0 Å². The Morgan fingerprint density at radius 3 is 2.87 bits per heavy atom. The fourth-order valence-corrected chi connectivity index (χ4v) is 2.24. The van der Waals surface area contributed by atoms with Crippen LogP contribution in [0.2, 0.25) is 0 Å². The number of aryl methyl sites for hydroxylation is 1. The second-order valence-electron chi connectivity index (χ2n) is 3.70. The first-order valence-electron chi connectivity index (χ1n) is 4.71. The van der Waals surface area contributed by atoms with Crippen molar-refractivity contribution in [2.75, 3.05) is 11.4 Å². The highest BCUT2D eigenvalue weighted by atomic mass is 79.9. The zero-order valence-electron chi connectivity index (χ0n) is 8.29. The average Bonchev–Trinajstić information content (AvgIpc) is 2.50. The molecule has 0 aromatic carbocycles. The van der Waals surface area contributed by atoms with Gasteiger partial charge in [-0.3, -0.25) is 9.59 Å². The Morgan fingerprint density at radius 1 is 1.53 bits per heavy atom. The summed E-state index contributed by atoms with van der Waals surface area (Å²) in [7, 11) is 0. The summed E-state index contributed by atoms with van der Waals surface area (Å²) < 4.78 is 0. The van der Waals surface area contributed by atoms with Crippen molar-refractivity contribution < 1.29 is 4.79 Å². The van der Waals surface area contributed by atoms with Crippen LogP contribution < -0.4 is 10.5 Å². The Kier molecular flexibility index (Phi) is 2.65. The number of amides is 1. The summed E-state index contributed by atoms with van der Waals surface area (Å²) in [6.07, 6.45) is 2.09. The van der Waals surface area contributed by atoms with Gasteiger partial charge < -0.3 is 9.88 Å². The molecule has 5 heteroatoms. The number of carbonyl (C=O) groups excluding carboxylic acids is 1. The summed E-state index contributed by atoms with van der Waals surface area (Å²) in [4.78, 5) is 27.4. The zero-order valence-corrected chi connectivity index (χ0v) is 9.87. The first kappa shape index (κ1) is 10.4. The van der Waals surface area contributed by atoms with E-state index in [2.05, 4.69) is 20.9 Å². The molecular formula is C10H11BrN2O2. The smallest absolute Gasteiger partial charge is 0.271 e. The number of hydrogen-bond acceptors (Lipinski definition) is 2. The molecule has 1 atom stereocenters. The number of rotatable bonds is 1. The van der Waals surface area contributed by atoms with Crippen LogP contribution in [0.4, 0.5) is 5.69 Å². The molecule has 0 bridgehead atoms. The Bertz CT molecular complexity index is 455.